The number of likely N-dealkylation sites (tertiary alicyclic amines) is 1. The summed E-state index contributed by atoms with van der Waals surface area (Å²) in [6, 6.07) is 6.47. The summed E-state index contributed by atoms with van der Waals surface area (Å²) in [4.78, 5) is 26.5. The Morgan fingerprint density at radius 2 is 1.56 bits per heavy atom. The minimum absolute atomic E-state index is 0.0708. The summed E-state index contributed by atoms with van der Waals surface area (Å²) in [6.45, 7) is 9.81. The second-order valence-corrected chi connectivity index (χ2v) is 7.43. The fourth-order valence-corrected chi connectivity index (χ4v) is 3.71. The lowest BCUT2D eigenvalue weighted by Crippen LogP contribution is -2.41. The molecule has 1 amide bonds. The summed E-state index contributed by atoms with van der Waals surface area (Å²) in [7, 11) is 0. The molecule has 8 heteroatoms. The second kappa shape index (κ2) is 10.9. The van der Waals surface area contributed by atoms with Gasteiger partial charge < -0.3 is 28.3 Å². The molecule has 1 saturated heterocycles. The van der Waals surface area contributed by atoms with E-state index in [4.69, 9.17) is 23.4 Å². The Labute approximate surface area is 188 Å². The largest absolute Gasteiger partial charge is 0.490 e. The van der Waals surface area contributed by atoms with Crippen LogP contribution in [0.1, 0.15) is 49.7 Å². The van der Waals surface area contributed by atoms with Crippen LogP contribution in [0.3, 0.4) is 0 Å². The van der Waals surface area contributed by atoms with Gasteiger partial charge in [-0.15, -0.1) is 0 Å². The van der Waals surface area contributed by atoms with Gasteiger partial charge in [-0.1, -0.05) is 0 Å². The van der Waals surface area contributed by atoms with Gasteiger partial charge in [0, 0.05) is 37.6 Å². The molecule has 2 heterocycles. The van der Waals surface area contributed by atoms with E-state index in [0.717, 1.165) is 0 Å². The van der Waals surface area contributed by atoms with Crippen molar-refractivity contribution in [3.8, 4) is 23.0 Å². The predicted molar refractivity (Wildman–Crippen MR) is 119 cm³/mol. The number of amides is 1. The zero-order chi connectivity index (χ0) is 23.1. The first-order valence-corrected chi connectivity index (χ1v) is 11.1. The molecule has 3 rings (SSSR count). The molecule has 0 saturated carbocycles. The van der Waals surface area contributed by atoms with Crippen molar-refractivity contribution in [2.75, 3.05) is 32.9 Å². The van der Waals surface area contributed by atoms with Crippen LogP contribution in [0, 0.1) is 6.92 Å². The van der Waals surface area contributed by atoms with Crippen LogP contribution in [0.2, 0.25) is 0 Å². The molecule has 8 nitrogen and oxygen atoms in total. The third-order valence-corrected chi connectivity index (χ3v) is 5.06. The average molecular weight is 446 g/mol. The average Bonchev–Trinajstić information content (AvgIpc) is 2.75. The van der Waals surface area contributed by atoms with Crippen molar-refractivity contribution < 1.29 is 28.2 Å². The molecule has 1 aromatic carbocycles. The molecule has 0 atom stereocenters. The minimum atomic E-state index is -0.432. The van der Waals surface area contributed by atoms with Gasteiger partial charge in [-0.25, -0.2) is 4.79 Å². The number of piperidine rings is 1. The number of hydrogen-bond donors (Lipinski definition) is 0. The van der Waals surface area contributed by atoms with Crippen molar-refractivity contribution in [2.24, 2.45) is 0 Å². The van der Waals surface area contributed by atoms with Gasteiger partial charge in [0.1, 0.15) is 17.6 Å². The Hall–Kier alpha value is -3.16. The van der Waals surface area contributed by atoms with Crippen molar-refractivity contribution >= 4 is 5.91 Å². The SMILES string of the molecule is CCOc1cc(C(=O)N2CCC(Oc3cc(C)oc(=O)c3)CC2)cc(OCC)c1OCC. The summed E-state index contributed by atoms with van der Waals surface area (Å²) in [6.07, 6.45) is 1.26. The van der Waals surface area contributed by atoms with Crippen molar-refractivity contribution in [2.45, 2.75) is 46.6 Å². The molecule has 0 unspecified atom stereocenters. The summed E-state index contributed by atoms with van der Waals surface area (Å²) in [5.74, 6) is 2.43. The zero-order valence-corrected chi connectivity index (χ0v) is 19.1. The standard InChI is InChI=1S/C24H31NO7/c1-5-28-20-13-17(14-21(29-6-2)23(20)30-7-3)24(27)25-10-8-18(9-11-25)32-19-12-16(4)31-22(26)15-19/h12-15,18H,5-11H2,1-4H3. The summed E-state index contributed by atoms with van der Waals surface area (Å²) in [5.41, 5.74) is 0.0642. The molecule has 1 fully saturated rings. The van der Waals surface area contributed by atoms with Crippen LogP contribution in [0.5, 0.6) is 23.0 Å². The van der Waals surface area contributed by atoms with E-state index >= 15 is 0 Å². The Balaban J connectivity index is 1.71. The lowest BCUT2D eigenvalue weighted by Gasteiger charge is -2.32. The molecular weight excluding hydrogens is 414 g/mol. The van der Waals surface area contributed by atoms with Crippen molar-refractivity contribution in [3.05, 3.63) is 46.0 Å². The van der Waals surface area contributed by atoms with Gasteiger partial charge in [0.25, 0.3) is 5.91 Å². The highest BCUT2D eigenvalue weighted by Crippen LogP contribution is 2.39. The number of carbonyl (C=O) groups excluding carboxylic acids is 1. The fourth-order valence-electron chi connectivity index (χ4n) is 3.71. The molecule has 174 valence electrons. The highest BCUT2D eigenvalue weighted by atomic mass is 16.5. The van der Waals surface area contributed by atoms with Gasteiger partial charge >= 0.3 is 5.63 Å². The molecule has 0 bridgehead atoms. The van der Waals surface area contributed by atoms with E-state index in [1.807, 2.05) is 20.8 Å². The van der Waals surface area contributed by atoms with Crippen LogP contribution in [-0.2, 0) is 0 Å². The van der Waals surface area contributed by atoms with E-state index in [1.54, 1.807) is 30.0 Å². The van der Waals surface area contributed by atoms with Crippen molar-refractivity contribution in [1.29, 1.82) is 0 Å². The maximum Gasteiger partial charge on any atom is 0.339 e. The molecule has 0 radical (unpaired) electrons. The highest BCUT2D eigenvalue weighted by molar-refractivity contribution is 5.95. The highest BCUT2D eigenvalue weighted by Gasteiger charge is 2.27. The predicted octanol–water partition coefficient (Wildman–Crippen LogP) is 3.83. The lowest BCUT2D eigenvalue weighted by atomic mass is 10.1. The maximum absolute atomic E-state index is 13.2. The number of rotatable bonds is 9. The van der Waals surface area contributed by atoms with Gasteiger partial charge in [0.2, 0.25) is 5.75 Å². The van der Waals surface area contributed by atoms with E-state index < -0.39 is 5.63 Å². The Bertz CT molecular complexity index is 950. The van der Waals surface area contributed by atoms with E-state index in [0.29, 0.717) is 80.1 Å². The molecule has 0 N–H and O–H groups in total. The van der Waals surface area contributed by atoms with Gasteiger partial charge in [-0.2, -0.15) is 0 Å². The number of hydrogen-bond acceptors (Lipinski definition) is 7. The van der Waals surface area contributed by atoms with E-state index in [1.165, 1.54) is 6.07 Å². The topological polar surface area (TPSA) is 87.4 Å². The number of carbonyl (C=O) groups is 1. The molecule has 1 aliphatic heterocycles. The van der Waals surface area contributed by atoms with E-state index in [-0.39, 0.29) is 12.0 Å². The third-order valence-electron chi connectivity index (χ3n) is 5.06. The molecule has 0 aliphatic carbocycles. The second-order valence-electron chi connectivity index (χ2n) is 7.43. The number of aryl methyl sites for hydroxylation is 1. The maximum atomic E-state index is 13.2. The Kier molecular flexibility index (Phi) is 8.03. The zero-order valence-electron chi connectivity index (χ0n) is 19.1. The van der Waals surface area contributed by atoms with Gasteiger partial charge in [0.05, 0.1) is 25.9 Å². The van der Waals surface area contributed by atoms with Crippen LogP contribution in [0.4, 0.5) is 0 Å². The summed E-state index contributed by atoms with van der Waals surface area (Å²) < 4.78 is 28.1. The van der Waals surface area contributed by atoms with E-state index in [2.05, 4.69) is 0 Å². The first kappa shape index (κ1) is 23.5. The monoisotopic (exact) mass is 445 g/mol. The number of nitrogens with zero attached hydrogens (tertiary/aromatic N) is 1. The van der Waals surface area contributed by atoms with E-state index in [9.17, 15) is 9.59 Å². The van der Waals surface area contributed by atoms with Crippen molar-refractivity contribution in [1.82, 2.24) is 4.90 Å². The first-order chi connectivity index (χ1) is 15.4. The van der Waals surface area contributed by atoms with Gasteiger partial charge in [-0.05, 0) is 39.8 Å². The van der Waals surface area contributed by atoms with Crippen molar-refractivity contribution in [3.63, 3.8) is 0 Å². The van der Waals surface area contributed by atoms with Crippen LogP contribution in [-0.4, -0.2) is 49.8 Å². The smallest absolute Gasteiger partial charge is 0.339 e. The Morgan fingerprint density at radius 3 is 2.09 bits per heavy atom. The fraction of sp³-hybridized carbons (Fsp3) is 0.500. The quantitative estimate of drug-likeness (QED) is 0.580. The van der Waals surface area contributed by atoms with Crippen LogP contribution >= 0.6 is 0 Å². The molecule has 0 spiro atoms. The van der Waals surface area contributed by atoms with Gasteiger partial charge in [-0.3, -0.25) is 4.79 Å². The van der Waals surface area contributed by atoms with Gasteiger partial charge in [0.15, 0.2) is 11.5 Å². The molecule has 32 heavy (non-hydrogen) atoms. The molecule has 1 aromatic heterocycles. The minimum Gasteiger partial charge on any atom is -0.490 e. The summed E-state index contributed by atoms with van der Waals surface area (Å²) in [5, 5.41) is 0. The summed E-state index contributed by atoms with van der Waals surface area (Å²) >= 11 is 0. The number of benzene rings is 1. The normalized spacial score (nSPS) is 14.2. The molecular formula is C24H31NO7. The molecule has 1 aliphatic rings. The van der Waals surface area contributed by atoms with Crippen LogP contribution in [0.25, 0.3) is 0 Å². The number of ether oxygens (including phenoxy) is 4. The van der Waals surface area contributed by atoms with Crippen LogP contribution < -0.4 is 24.6 Å². The first-order valence-electron chi connectivity index (χ1n) is 11.1. The lowest BCUT2D eigenvalue weighted by molar-refractivity contribution is 0.0593. The third kappa shape index (κ3) is 5.75. The van der Waals surface area contributed by atoms with Crippen LogP contribution in [0.15, 0.2) is 33.5 Å². The molecule has 2 aromatic rings. The Morgan fingerprint density at radius 1 is 0.969 bits per heavy atom.